The number of anilines is 1. The normalized spacial score (nSPS) is 11.9. The Morgan fingerprint density at radius 2 is 1.84 bits per heavy atom. The van der Waals surface area contributed by atoms with Crippen LogP contribution in [0.15, 0.2) is 35.3 Å². The Morgan fingerprint density at radius 3 is 2.48 bits per heavy atom. The Hall–Kier alpha value is -3.75. The highest BCUT2D eigenvalue weighted by molar-refractivity contribution is 5.97. The molecule has 3 rings (SSSR count). The fraction of sp³-hybridized carbons (Fsp3) is 0.318. The van der Waals surface area contributed by atoms with Gasteiger partial charge in [0, 0.05) is 18.2 Å². The number of aromatic nitrogens is 3. The van der Waals surface area contributed by atoms with E-state index in [2.05, 4.69) is 20.3 Å². The lowest BCUT2D eigenvalue weighted by Gasteiger charge is -2.15. The van der Waals surface area contributed by atoms with Gasteiger partial charge in [0.15, 0.2) is 5.78 Å². The fourth-order valence-corrected chi connectivity index (χ4v) is 3.39. The van der Waals surface area contributed by atoms with Crippen molar-refractivity contribution in [1.82, 2.24) is 20.3 Å². The van der Waals surface area contributed by atoms with Gasteiger partial charge in [-0.05, 0) is 56.4 Å². The summed E-state index contributed by atoms with van der Waals surface area (Å²) < 4.78 is 0. The molecular weight excluding hydrogens is 398 g/mol. The van der Waals surface area contributed by atoms with Gasteiger partial charge in [-0.2, -0.15) is 4.98 Å². The molecule has 1 amide bonds. The number of aromatic amines is 2. The number of nitrogens with one attached hydrogen (secondary N) is 3. The Morgan fingerprint density at radius 1 is 1.13 bits per heavy atom. The second kappa shape index (κ2) is 9.38. The van der Waals surface area contributed by atoms with Gasteiger partial charge >= 0.3 is 0 Å². The maximum absolute atomic E-state index is 12.5. The number of fused-ring (bicyclic) bond motifs is 1. The van der Waals surface area contributed by atoms with Gasteiger partial charge in [-0.25, -0.2) is 0 Å². The van der Waals surface area contributed by atoms with Crippen molar-refractivity contribution in [3.05, 3.63) is 57.5 Å². The smallest absolute Gasteiger partial charge is 0.262 e. The number of rotatable bonds is 9. The number of amides is 1. The maximum Gasteiger partial charge on any atom is 0.262 e. The van der Waals surface area contributed by atoms with Crippen molar-refractivity contribution in [1.29, 1.82) is 0 Å². The van der Waals surface area contributed by atoms with E-state index in [0.717, 1.165) is 11.1 Å². The average molecular weight is 423 g/mol. The molecule has 0 spiro atoms. The number of nitrogens with zero attached hydrogens (tertiary/aromatic N) is 1. The van der Waals surface area contributed by atoms with E-state index in [4.69, 9.17) is 5.73 Å². The summed E-state index contributed by atoms with van der Waals surface area (Å²) in [7, 11) is 0. The van der Waals surface area contributed by atoms with Crippen LogP contribution in [0.25, 0.3) is 11.0 Å². The van der Waals surface area contributed by atoms with Gasteiger partial charge in [0.2, 0.25) is 5.95 Å². The number of hydrogen-bond donors (Lipinski definition) is 4. The molecule has 162 valence electrons. The first-order chi connectivity index (χ1) is 14.7. The second-order valence-corrected chi connectivity index (χ2v) is 7.56. The van der Waals surface area contributed by atoms with Gasteiger partial charge in [0.1, 0.15) is 11.4 Å². The Bertz CT molecular complexity index is 1180. The highest BCUT2D eigenvalue weighted by Gasteiger charge is 2.18. The Kier molecular flexibility index (Phi) is 6.64. The number of ketones is 2. The van der Waals surface area contributed by atoms with E-state index in [1.165, 1.54) is 13.8 Å². The van der Waals surface area contributed by atoms with Gasteiger partial charge in [0.05, 0.1) is 11.4 Å². The summed E-state index contributed by atoms with van der Waals surface area (Å²) in [6.45, 7) is 2.85. The van der Waals surface area contributed by atoms with E-state index in [9.17, 15) is 19.2 Å². The number of hydrogen-bond acceptors (Lipinski definition) is 6. The standard InChI is InChI=1S/C22H25N5O4/c1-12(28)3-10-17(13(2)29)25-20(30)15-7-4-14(5-8-15)6-9-16-11-24-19-18(16)21(31)27-22(23)26-19/h4-5,7-8,11,17H,3,6,9-10H2,1-2H3,(H,25,30)(H4,23,24,26,27,31)/t17-/m0/s1. The molecule has 2 aromatic heterocycles. The van der Waals surface area contributed by atoms with E-state index >= 15 is 0 Å². The van der Waals surface area contributed by atoms with Crippen LogP contribution in [0.4, 0.5) is 5.95 Å². The lowest BCUT2D eigenvalue weighted by atomic mass is 10.0. The minimum absolute atomic E-state index is 0.0266. The first-order valence-corrected chi connectivity index (χ1v) is 10.00. The van der Waals surface area contributed by atoms with Crippen LogP contribution in [-0.4, -0.2) is 38.5 Å². The third-order valence-corrected chi connectivity index (χ3v) is 5.12. The maximum atomic E-state index is 12.5. The lowest BCUT2D eigenvalue weighted by molar-refractivity contribution is -0.119. The van der Waals surface area contributed by atoms with Crippen molar-refractivity contribution < 1.29 is 14.4 Å². The number of nitrogen functional groups attached to an aromatic ring is 1. The molecule has 1 atom stereocenters. The summed E-state index contributed by atoms with van der Waals surface area (Å²) in [6.07, 6.45) is 3.54. The number of nitrogens with two attached hydrogens (primary N) is 1. The molecule has 0 aliphatic rings. The van der Waals surface area contributed by atoms with Crippen LogP contribution < -0.4 is 16.6 Å². The minimum Gasteiger partial charge on any atom is -0.369 e. The van der Waals surface area contributed by atoms with Crippen LogP contribution >= 0.6 is 0 Å². The highest BCUT2D eigenvalue weighted by atomic mass is 16.2. The molecule has 0 bridgehead atoms. The summed E-state index contributed by atoms with van der Waals surface area (Å²) in [4.78, 5) is 57.1. The zero-order valence-electron chi connectivity index (χ0n) is 17.5. The largest absolute Gasteiger partial charge is 0.369 e. The molecule has 0 radical (unpaired) electrons. The number of aryl methyl sites for hydroxylation is 2. The van der Waals surface area contributed by atoms with Gasteiger partial charge in [-0.15, -0.1) is 0 Å². The van der Waals surface area contributed by atoms with Gasteiger partial charge < -0.3 is 20.8 Å². The molecule has 1 aromatic carbocycles. The quantitative estimate of drug-likeness (QED) is 0.411. The number of H-pyrrole nitrogens is 2. The summed E-state index contributed by atoms with van der Waals surface area (Å²) in [5, 5.41) is 3.18. The SMILES string of the molecule is CC(=O)CC[C@H](NC(=O)c1ccc(CCc2c[nH]c3nc(N)[nH]c(=O)c23)cc1)C(C)=O. The van der Waals surface area contributed by atoms with Crippen molar-refractivity contribution in [3.63, 3.8) is 0 Å². The van der Waals surface area contributed by atoms with Crippen molar-refractivity contribution in [2.75, 3.05) is 5.73 Å². The number of Topliss-reactive ketones (excluding diaryl/α,β-unsaturated/α-hetero) is 2. The van der Waals surface area contributed by atoms with E-state index in [1.54, 1.807) is 18.3 Å². The zero-order chi connectivity index (χ0) is 22.5. The van der Waals surface area contributed by atoms with Crippen LogP contribution in [-0.2, 0) is 22.4 Å². The topological polar surface area (TPSA) is 151 Å². The summed E-state index contributed by atoms with van der Waals surface area (Å²) in [6, 6.07) is 6.37. The molecule has 0 aliphatic heterocycles. The van der Waals surface area contributed by atoms with Crippen molar-refractivity contribution in [3.8, 4) is 0 Å². The molecule has 0 unspecified atom stereocenters. The fourth-order valence-electron chi connectivity index (χ4n) is 3.39. The third kappa shape index (κ3) is 5.44. The lowest BCUT2D eigenvalue weighted by Crippen LogP contribution is -2.40. The Labute approximate surface area is 178 Å². The average Bonchev–Trinajstić information content (AvgIpc) is 3.12. The van der Waals surface area contributed by atoms with E-state index in [0.29, 0.717) is 35.9 Å². The molecule has 0 fully saturated rings. The highest BCUT2D eigenvalue weighted by Crippen LogP contribution is 2.16. The molecule has 5 N–H and O–H groups in total. The predicted molar refractivity (Wildman–Crippen MR) is 117 cm³/mol. The number of benzene rings is 1. The van der Waals surface area contributed by atoms with Crippen molar-refractivity contribution in [2.45, 2.75) is 45.6 Å². The molecule has 0 saturated carbocycles. The van der Waals surface area contributed by atoms with Crippen LogP contribution in [0.2, 0.25) is 0 Å². The first kappa shape index (κ1) is 21.9. The molecule has 0 saturated heterocycles. The van der Waals surface area contributed by atoms with E-state index in [1.807, 2.05) is 12.1 Å². The Balaban J connectivity index is 1.64. The number of carbonyl (C=O) groups is 3. The minimum atomic E-state index is -0.682. The zero-order valence-corrected chi connectivity index (χ0v) is 17.5. The molecule has 9 nitrogen and oxygen atoms in total. The molecule has 0 aliphatic carbocycles. The van der Waals surface area contributed by atoms with Gasteiger partial charge in [-0.3, -0.25) is 19.4 Å². The van der Waals surface area contributed by atoms with Gasteiger partial charge in [-0.1, -0.05) is 12.1 Å². The van der Waals surface area contributed by atoms with Crippen LogP contribution in [0.1, 0.15) is 48.2 Å². The summed E-state index contributed by atoms with van der Waals surface area (Å²) >= 11 is 0. The van der Waals surface area contributed by atoms with E-state index < -0.39 is 6.04 Å². The molecular formula is C22H25N5O4. The van der Waals surface area contributed by atoms with Crippen LogP contribution in [0.3, 0.4) is 0 Å². The first-order valence-electron chi connectivity index (χ1n) is 10.00. The van der Waals surface area contributed by atoms with Crippen molar-refractivity contribution >= 4 is 34.5 Å². The predicted octanol–water partition coefficient (Wildman–Crippen LogP) is 1.68. The summed E-state index contributed by atoms with van der Waals surface area (Å²) in [5.74, 6) is -0.507. The number of carbonyl (C=O) groups excluding carboxylic acids is 3. The van der Waals surface area contributed by atoms with E-state index in [-0.39, 0.29) is 35.4 Å². The monoisotopic (exact) mass is 423 g/mol. The molecule has 31 heavy (non-hydrogen) atoms. The third-order valence-electron chi connectivity index (χ3n) is 5.12. The van der Waals surface area contributed by atoms with Crippen molar-refractivity contribution in [2.24, 2.45) is 0 Å². The molecule has 2 heterocycles. The molecule has 9 heteroatoms. The van der Waals surface area contributed by atoms with Crippen LogP contribution in [0, 0.1) is 0 Å². The van der Waals surface area contributed by atoms with Gasteiger partial charge in [0.25, 0.3) is 11.5 Å². The van der Waals surface area contributed by atoms with Crippen LogP contribution in [0.5, 0.6) is 0 Å². The molecule has 3 aromatic rings. The second-order valence-electron chi connectivity index (χ2n) is 7.56. The summed E-state index contributed by atoms with van der Waals surface area (Å²) in [5.41, 5.74) is 7.99.